The second-order valence-electron chi connectivity index (χ2n) is 7.47. The number of benzene rings is 3. The maximum atomic E-state index is 14.0. The molecule has 0 radical (unpaired) electrons. The van der Waals surface area contributed by atoms with Gasteiger partial charge in [-0.1, -0.05) is 54.6 Å². The third kappa shape index (κ3) is 4.34. The number of hydrogen-bond donors (Lipinski definition) is 1. The minimum atomic E-state index is -0.416. The van der Waals surface area contributed by atoms with Gasteiger partial charge in [-0.15, -0.1) is 0 Å². The summed E-state index contributed by atoms with van der Waals surface area (Å²) in [7, 11) is 0. The molecule has 3 nitrogen and oxygen atoms in total. The monoisotopic (exact) mass is 379 g/mol. The Labute approximate surface area is 165 Å². The van der Waals surface area contributed by atoms with Crippen LogP contribution in [0.15, 0.2) is 66.7 Å². The Morgan fingerprint density at radius 1 is 0.929 bits per heavy atom. The summed E-state index contributed by atoms with van der Waals surface area (Å²) >= 11 is 0. The minimum Gasteiger partial charge on any atom is -0.490 e. The van der Waals surface area contributed by atoms with Crippen molar-refractivity contribution in [3.8, 4) is 5.75 Å². The third-order valence-corrected chi connectivity index (χ3v) is 5.56. The summed E-state index contributed by atoms with van der Waals surface area (Å²) in [4.78, 5) is 2.38. The van der Waals surface area contributed by atoms with Crippen molar-refractivity contribution in [2.75, 3.05) is 19.6 Å². The molecule has 1 saturated heterocycles. The van der Waals surface area contributed by atoms with E-state index in [0.717, 1.165) is 55.6 Å². The molecule has 1 heterocycles. The molecule has 1 aliphatic rings. The van der Waals surface area contributed by atoms with Crippen LogP contribution in [0.2, 0.25) is 0 Å². The highest BCUT2D eigenvalue weighted by Gasteiger charge is 2.22. The van der Waals surface area contributed by atoms with Crippen LogP contribution in [-0.4, -0.2) is 35.7 Å². The second-order valence-corrected chi connectivity index (χ2v) is 7.47. The predicted molar refractivity (Wildman–Crippen MR) is 110 cm³/mol. The van der Waals surface area contributed by atoms with E-state index < -0.39 is 6.10 Å². The van der Waals surface area contributed by atoms with Gasteiger partial charge in [-0.3, -0.25) is 0 Å². The molecule has 4 heteroatoms. The first-order chi connectivity index (χ1) is 13.7. The van der Waals surface area contributed by atoms with Crippen LogP contribution in [0.4, 0.5) is 4.39 Å². The van der Waals surface area contributed by atoms with Crippen molar-refractivity contribution in [3.63, 3.8) is 0 Å². The molecule has 146 valence electrons. The number of likely N-dealkylation sites (tertiary alicyclic amines) is 1. The van der Waals surface area contributed by atoms with Crippen LogP contribution in [0.5, 0.6) is 5.75 Å². The fourth-order valence-electron chi connectivity index (χ4n) is 3.92. The van der Waals surface area contributed by atoms with E-state index in [1.807, 2.05) is 48.5 Å². The number of hydrogen-bond acceptors (Lipinski definition) is 3. The van der Waals surface area contributed by atoms with Crippen molar-refractivity contribution in [1.29, 1.82) is 0 Å². The first-order valence-electron chi connectivity index (χ1n) is 10.00. The molecule has 0 aromatic heterocycles. The van der Waals surface area contributed by atoms with Gasteiger partial charge >= 0.3 is 0 Å². The molecule has 1 fully saturated rings. The van der Waals surface area contributed by atoms with Crippen LogP contribution in [0.1, 0.15) is 30.9 Å². The van der Waals surface area contributed by atoms with E-state index in [2.05, 4.69) is 4.90 Å². The molecule has 1 atom stereocenters. The largest absolute Gasteiger partial charge is 0.490 e. The van der Waals surface area contributed by atoms with Crippen molar-refractivity contribution < 1.29 is 14.2 Å². The van der Waals surface area contributed by atoms with Crippen molar-refractivity contribution in [1.82, 2.24) is 4.90 Å². The zero-order valence-electron chi connectivity index (χ0n) is 15.9. The number of ether oxygens (including phenoxy) is 1. The smallest absolute Gasteiger partial charge is 0.131 e. The molecule has 3 aromatic rings. The van der Waals surface area contributed by atoms with E-state index >= 15 is 0 Å². The third-order valence-electron chi connectivity index (χ3n) is 5.56. The van der Waals surface area contributed by atoms with Crippen molar-refractivity contribution in [2.45, 2.75) is 31.5 Å². The number of aliphatic hydroxyl groups excluding tert-OH is 1. The Morgan fingerprint density at radius 3 is 2.43 bits per heavy atom. The first kappa shape index (κ1) is 18.9. The predicted octanol–water partition coefficient (Wildman–Crippen LogP) is 4.95. The standard InChI is InChI=1S/C24H26FNO2/c25-22-10-4-9-21-20(22)8-5-11-24(21)28-19-12-15-26(16-13-19)17-14-23(27)18-6-2-1-3-7-18/h1-11,19,23,27H,12-17H2. The van der Waals surface area contributed by atoms with E-state index in [9.17, 15) is 9.50 Å². The van der Waals surface area contributed by atoms with Gasteiger partial charge in [-0.2, -0.15) is 0 Å². The molecule has 3 aromatic carbocycles. The summed E-state index contributed by atoms with van der Waals surface area (Å²) in [5, 5.41) is 11.8. The summed E-state index contributed by atoms with van der Waals surface area (Å²) in [6.07, 6.45) is 2.34. The highest BCUT2D eigenvalue weighted by molar-refractivity contribution is 5.88. The molecule has 1 unspecified atom stereocenters. The molecular weight excluding hydrogens is 353 g/mol. The summed E-state index contributed by atoms with van der Waals surface area (Å²) in [6.45, 7) is 2.78. The highest BCUT2D eigenvalue weighted by Crippen LogP contribution is 2.29. The van der Waals surface area contributed by atoms with Gasteiger partial charge in [0.1, 0.15) is 17.7 Å². The number of nitrogens with zero attached hydrogens (tertiary/aromatic N) is 1. The van der Waals surface area contributed by atoms with Crippen LogP contribution >= 0.6 is 0 Å². The molecule has 28 heavy (non-hydrogen) atoms. The maximum absolute atomic E-state index is 14.0. The lowest BCUT2D eigenvalue weighted by Gasteiger charge is -2.32. The molecule has 1 N–H and O–H groups in total. The van der Waals surface area contributed by atoms with E-state index in [-0.39, 0.29) is 11.9 Å². The van der Waals surface area contributed by atoms with Crippen LogP contribution in [0, 0.1) is 5.82 Å². The van der Waals surface area contributed by atoms with Gasteiger partial charge in [-0.05, 0) is 37.0 Å². The lowest BCUT2D eigenvalue weighted by atomic mass is 10.0. The number of aliphatic hydroxyl groups is 1. The van der Waals surface area contributed by atoms with Crippen molar-refractivity contribution >= 4 is 10.8 Å². The summed E-state index contributed by atoms with van der Waals surface area (Å²) in [6, 6.07) is 20.5. The maximum Gasteiger partial charge on any atom is 0.131 e. The van der Waals surface area contributed by atoms with Gasteiger partial charge < -0.3 is 14.7 Å². The van der Waals surface area contributed by atoms with Crippen LogP contribution in [0.3, 0.4) is 0 Å². The molecule has 0 saturated carbocycles. The summed E-state index contributed by atoms with van der Waals surface area (Å²) in [5.41, 5.74) is 0.976. The second kappa shape index (κ2) is 8.72. The number of fused-ring (bicyclic) bond motifs is 1. The first-order valence-corrected chi connectivity index (χ1v) is 10.00. The highest BCUT2D eigenvalue weighted by atomic mass is 19.1. The molecule has 0 bridgehead atoms. The topological polar surface area (TPSA) is 32.7 Å². The number of rotatable bonds is 6. The fourth-order valence-corrected chi connectivity index (χ4v) is 3.92. The molecule has 4 rings (SSSR count). The lowest BCUT2D eigenvalue weighted by molar-refractivity contribution is 0.0856. The Kier molecular flexibility index (Phi) is 5.89. The van der Waals surface area contributed by atoms with Gasteiger partial charge in [0.25, 0.3) is 0 Å². The Balaban J connectivity index is 1.30. The average molecular weight is 379 g/mol. The van der Waals surface area contributed by atoms with E-state index in [4.69, 9.17) is 4.74 Å². The van der Waals surface area contributed by atoms with E-state index in [0.29, 0.717) is 5.39 Å². The molecular formula is C24H26FNO2. The summed E-state index contributed by atoms with van der Waals surface area (Å²) in [5.74, 6) is 0.546. The molecule has 1 aliphatic heterocycles. The molecule has 0 aliphatic carbocycles. The zero-order chi connectivity index (χ0) is 19.3. The molecule has 0 spiro atoms. The number of halogens is 1. The van der Waals surface area contributed by atoms with Gasteiger partial charge in [0.2, 0.25) is 0 Å². The van der Waals surface area contributed by atoms with Gasteiger partial charge in [0.15, 0.2) is 0 Å². The van der Waals surface area contributed by atoms with E-state index in [1.165, 1.54) is 6.07 Å². The Morgan fingerprint density at radius 2 is 1.64 bits per heavy atom. The Bertz CT molecular complexity index is 907. The van der Waals surface area contributed by atoms with E-state index in [1.54, 1.807) is 12.1 Å². The van der Waals surface area contributed by atoms with Gasteiger partial charge in [0, 0.05) is 30.4 Å². The quantitative estimate of drug-likeness (QED) is 0.658. The van der Waals surface area contributed by atoms with Crippen molar-refractivity contribution in [2.24, 2.45) is 0 Å². The minimum absolute atomic E-state index is 0.143. The normalized spacial score (nSPS) is 16.9. The van der Waals surface area contributed by atoms with Gasteiger partial charge in [0.05, 0.1) is 6.10 Å². The summed E-state index contributed by atoms with van der Waals surface area (Å²) < 4.78 is 20.2. The Hall–Kier alpha value is -2.43. The van der Waals surface area contributed by atoms with Crippen LogP contribution in [0.25, 0.3) is 10.8 Å². The van der Waals surface area contributed by atoms with Crippen molar-refractivity contribution in [3.05, 3.63) is 78.1 Å². The van der Waals surface area contributed by atoms with Crippen LogP contribution < -0.4 is 4.74 Å². The van der Waals surface area contributed by atoms with Crippen LogP contribution in [-0.2, 0) is 0 Å². The average Bonchev–Trinajstić information content (AvgIpc) is 2.74. The van der Waals surface area contributed by atoms with Gasteiger partial charge in [-0.25, -0.2) is 4.39 Å². The number of piperidine rings is 1. The zero-order valence-corrected chi connectivity index (χ0v) is 15.9. The lowest BCUT2D eigenvalue weighted by Crippen LogP contribution is -2.39. The SMILES string of the molecule is OC(CCN1CCC(Oc2cccc3c(F)cccc23)CC1)c1ccccc1. The fraction of sp³-hybridized carbons (Fsp3) is 0.333. The molecule has 0 amide bonds.